The fraction of sp³-hybridized carbons (Fsp3) is 0.0526. The van der Waals surface area contributed by atoms with Gasteiger partial charge < -0.3 is 9.88 Å². The van der Waals surface area contributed by atoms with Gasteiger partial charge in [-0.1, -0.05) is 182 Å². The number of likely N-dealkylation sites (N-methyl/N-ethyl adjacent to an activating group) is 1. The molecule has 0 fully saturated rings. The molecule has 10 aromatic rings. The molecule has 0 aliphatic carbocycles. The monoisotopic (exact) mass is 769 g/mol. The minimum atomic E-state index is -0.0371. The zero-order chi connectivity index (χ0) is 40.0. The molecule has 1 N–H and O–H groups in total. The zero-order valence-corrected chi connectivity index (χ0v) is 33.4. The molecule has 2 heterocycles. The Balaban J connectivity index is 1.09. The Kier molecular flexibility index (Phi) is 8.95. The Morgan fingerprint density at radius 1 is 0.383 bits per heavy atom. The summed E-state index contributed by atoms with van der Waals surface area (Å²) < 4.78 is 2.47. The lowest BCUT2D eigenvalue weighted by molar-refractivity contribution is 0.176. The van der Waals surface area contributed by atoms with Gasteiger partial charge in [-0.2, -0.15) is 0 Å². The molecule has 2 atom stereocenters. The third-order valence-corrected chi connectivity index (χ3v) is 12.3. The van der Waals surface area contributed by atoms with E-state index in [0.717, 1.165) is 11.4 Å². The molecular weight excluding hydrogens is 727 g/mol. The number of nitrogens with one attached hydrogen (secondary N) is 1. The summed E-state index contributed by atoms with van der Waals surface area (Å²) >= 11 is 0. The van der Waals surface area contributed by atoms with Crippen LogP contribution in [0.3, 0.4) is 0 Å². The van der Waals surface area contributed by atoms with Crippen LogP contribution in [0.15, 0.2) is 224 Å². The predicted octanol–water partition coefficient (Wildman–Crippen LogP) is 14.3. The molecule has 286 valence electrons. The molecule has 0 amide bonds. The van der Waals surface area contributed by atoms with Crippen molar-refractivity contribution in [1.29, 1.82) is 0 Å². The Bertz CT molecular complexity index is 3090. The maximum Gasteiger partial charge on any atom is 0.106 e. The van der Waals surface area contributed by atoms with Crippen molar-refractivity contribution in [2.75, 3.05) is 7.05 Å². The molecule has 11 rings (SSSR count). The van der Waals surface area contributed by atoms with E-state index in [9.17, 15) is 0 Å². The summed E-state index contributed by atoms with van der Waals surface area (Å²) in [6.45, 7) is 0. The number of benzene rings is 9. The summed E-state index contributed by atoms with van der Waals surface area (Å²) in [5.74, 6) is 0. The van der Waals surface area contributed by atoms with Gasteiger partial charge in [0.05, 0.1) is 22.8 Å². The second-order valence-electron chi connectivity index (χ2n) is 15.8. The highest BCUT2D eigenvalue weighted by atomic mass is 15.3. The zero-order valence-electron chi connectivity index (χ0n) is 33.4. The largest absolute Gasteiger partial charge is 0.366 e. The topological polar surface area (TPSA) is 20.2 Å². The van der Waals surface area contributed by atoms with E-state index in [2.05, 4.69) is 246 Å². The first kappa shape index (κ1) is 35.7. The van der Waals surface area contributed by atoms with Gasteiger partial charge in [0.2, 0.25) is 0 Å². The van der Waals surface area contributed by atoms with Crippen LogP contribution in [0.2, 0.25) is 0 Å². The number of hydrogen-bond donors (Lipinski definition) is 1. The van der Waals surface area contributed by atoms with Crippen molar-refractivity contribution in [1.82, 2.24) is 14.8 Å². The maximum atomic E-state index is 4.01. The predicted molar refractivity (Wildman–Crippen MR) is 252 cm³/mol. The molecule has 2 unspecified atom stereocenters. The Morgan fingerprint density at radius 2 is 0.867 bits per heavy atom. The lowest BCUT2D eigenvalue weighted by Crippen LogP contribution is -2.41. The molecule has 60 heavy (non-hydrogen) atoms. The Hall–Kier alpha value is -7.46. The highest BCUT2D eigenvalue weighted by Crippen LogP contribution is 2.42. The van der Waals surface area contributed by atoms with Crippen LogP contribution in [0.25, 0.3) is 77.3 Å². The maximum absolute atomic E-state index is 4.01. The van der Waals surface area contributed by atoms with Crippen LogP contribution < -0.4 is 5.32 Å². The van der Waals surface area contributed by atoms with Crippen molar-refractivity contribution >= 4 is 38.3 Å². The smallest absolute Gasteiger partial charge is 0.106 e. The van der Waals surface area contributed by atoms with E-state index in [0.29, 0.717) is 0 Å². The van der Waals surface area contributed by atoms with Crippen molar-refractivity contribution in [3.05, 3.63) is 241 Å². The van der Waals surface area contributed by atoms with E-state index >= 15 is 0 Å². The van der Waals surface area contributed by atoms with Crippen LogP contribution >= 0.6 is 0 Å². The van der Waals surface area contributed by atoms with Crippen LogP contribution in [0.5, 0.6) is 0 Å². The molecule has 0 bridgehead atoms. The minimum absolute atomic E-state index is 0.0310. The van der Waals surface area contributed by atoms with Crippen molar-refractivity contribution < 1.29 is 0 Å². The molecule has 0 spiro atoms. The van der Waals surface area contributed by atoms with E-state index in [-0.39, 0.29) is 12.2 Å². The summed E-state index contributed by atoms with van der Waals surface area (Å²) in [4.78, 5) is 2.45. The first-order chi connectivity index (χ1) is 29.7. The van der Waals surface area contributed by atoms with Gasteiger partial charge >= 0.3 is 0 Å². The van der Waals surface area contributed by atoms with Crippen molar-refractivity contribution in [2.45, 2.75) is 12.2 Å². The van der Waals surface area contributed by atoms with Gasteiger partial charge in [-0.05, 0) is 99.4 Å². The highest BCUT2D eigenvalue weighted by molar-refractivity contribution is 6.13. The van der Waals surface area contributed by atoms with E-state index in [1.165, 1.54) is 82.6 Å². The van der Waals surface area contributed by atoms with Gasteiger partial charge in [-0.15, -0.1) is 0 Å². The highest BCUT2D eigenvalue weighted by Gasteiger charge is 2.31. The number of hydrogen-bond acceptors (Lipinski definition) is 2. The lowest BCUT2D eigenvalue weighted by atomic mass is 9.92. The summed E-state index contributed by atoms with van der Waals surface area (Å²) in [6, 6.07) is 79.4. The lowest BCUT2D eigenvalue weighted by Gasteiger charge is -2.40. The third-order valence-electron chi connectivity index (χ3n) is 12.3. The fourth-order valence-corrected chi connectivity index (χ4v) is 9.33. The average molecular weight is 770 g/mol. The molecule has 0 saturated heterocycles. The molecule has 1 aromatic heterocycles. The van der Waals surface area contributed by atoms with Gasteiger partial charge in [0, 0.05) is 27.4 Å². The quantitative estimate of drug-likeness (QED) is 0.174. The van der Waals surface area contributed by atoms with Crippen LogP contribution in [-0.2, 0) is 0 Å². The number of fused-ring (bicyclic) bond motifs is 4. The molecule has 1 aliphatic rings. The molecule has 0 radical (unpaired) electrons. The SMILES string of the molecule is CN1C(c2cccc(-c3ccccc3)c2)C=C(c2ccc(-n3c4ccc(-c5ccccc5)cc4c4cc(-c5ccccc5)ccc43)c3ccccc23)NC1c1ccccc1. The van der Waals surface area contributed by atoms with Crippen molar-refractivity contribution in [3.8, 4) is 39.1 Å². The molecule has 3 nitrogen and oxygen atoms in total. The van der Waals surface area contributed by atoms with E-state index in [1.807, 2.05) is 0 Å². The summed E-state index contributed by atoms with van der Waals surface area (Å²) in [5.41, 5.74) is 15.6. The molecule has 3 heteroatoms. The standard InChI is InChI=1S/C57H43N3/c1-59-56(46-26-16-25-43(35-46)39-17-6-2-7-18-39)38-52(58-57(59)42-23-12-5-13-24-42)48-31-34-53(49-28-15-14-27-47(48)49)60-54-32-29-44(40-19-8-3-9-20-40)36-50(54)51-37-45(30-33-55(51)60)41-21-10-4-11-22-41/h2-38,56-58H,1H3. The summed E-state index contributed by atoms with van der Waals surface area (Å²) in [7, 11) is 2.23. The number of aromatic nitrogens is 1. The van der Waals surface area contributed by atoms with Crippen LogP contribution in [-0.4, -0.2) is 16.5 Å². The Labute approximate surface area is 351 Å². The van der Waals surface area contributed by atoms with Gasteiger partial charge in [-0.3, -0.25) is 4.90 Å². The third kappa shape index (κ3) is 6.28. The minimum Gasteiger partial charge on any atom is -0.366 e. The number of nitrogens with zero attached hydrogens (tertiary/aromatic N) is 2. The first-order valence-corrected chi connectivity index (χ1v) is 20.8. The van der Waals surface area contributed by atoms with Gasteiger partial charge in [0.25, 0.3) is 0 Å². The van der Waals surface area contributed by atoms with E-state index < -0.39 is 0 Å². The average Bonchev–Trinajstić information content (AvgIpc) is 3.65. The van der Waals surface area contributed by atoms with Gasteiger partial charge in [0.15, 0.2) is 0 Å². The van der Waals surface area contributed by atoms with Gasteiger partial charge in [0.1, 0.15) is 6.17 Å². The summed E-state index contributed by atoms with van der Waals surface area (Å²) in [6.07, 6.45) is 2.38. The van der Waals surface area contributed by atoms with E-state index in [1.54, 1.807) is 0 Å². The second-order valence-corrected chi connectivity index (χ2v) is 15.8. The fourth-order valence-electron chi connectivity index (χ4n) is 9.33. The van der Waals surface area contributed by atoms with Crippen LogP contribution in [0.1, 0.15) is 28.9 Å². The molecular formula is C57H43N3. The van der Waals surface area contributed by atoms with Gasteiger partial charge in [-0.25, -0.2) is 0 Å². The van der Waals surface area contributed by atoms with Crippen LogP contribution in [0, 0.1) is 0 Å². The normalized spacial score (nSPS) is 15.6. The molecule has 1 aliphatic heterocycles. The first-order valence-electron chi connectivity index (χ1n) is 20.8. The second kappa shape index (κ2) is 15.0. The molecule has 0 saturated carbocycles. The van der Waals surface area contributed by atoms with E-state index in [4.69, 9.17) is 0 Å². The summed E-state index contributed by atoms with van der Waals surface area (Å²) in [5, 5.41) is 8.90. The van der Waals surface area contributed by atoms with Crippen molar-refractivity contribution in [3.63, 3.8) is 0 Å². The van der Waals surface area contributed by atoms with Crippen LogP contribution in [0.4, 0.5) is 0 Å². The molecule has 9 aromatic carbocycles. The number of rotatable bonds is 7. The Morgan fingerprint density at radius 3 is 1.45 bits per heavy atom. The van der Waals surface area contributed by atoms with Crippen molar-refractivity contribution in [2.24, 2.45) is 0 Å².